The van der Waals surface area contributed by atoms with Crippen LogP contribution in [0.4, 0.5) is 14.9 Å². The fourth-order valence-corrected chi connectivity index (χ4v) is 3.40. The Morgan fingerprint density at radius 1 is 1.32 bits per heavy atom. The molecule has 2 atom stereocenters. The minimum Gasteiger partial charge on any atom is -0.442 e. The molecule has 1 heterocycles. The normalized spacial score (nSPS) is 16.2. The smallest absolute Gasteiger partial charge is 0.414 e. The van der Waals surface area contributed by atoms with Gasteiger partial charge < -0.3 is 20.6 Å². The van der Waals surface area contributed by atoms with Crippen molar-refractivity contribution in [2.24, 2.45) is 10.8 Å². The third-order valence-electron chi connectivity index (χ3n) is 5.15. The van der Waals surface area contributed by atoms with Crippen molar-refractivity contribution in [1.29, 1.82) is 0 Å². The summed E-state index contributed by atoms with van der Waals surface area (Å²) in [4.78, 5) is 28.4. The van der Waals surface area contributed by atoms with Gasteiger partial charge in [-0.25, -0.2) is 15.0 Å². The summed E-state index contributed by atoms with van der Waals surface area (Å²) in [5.74, 6) is 5.09. The number of aliphatic hydroxyl groups excluding tert-OH is 1. The fraction of sp³-hybridized carbons (Fsp3) is 0.292. The summed E-state index contributed by atoms with van der Waals surface area (Å²) in [5, 5.41) is 12.9. The number of hydrogen-bond donors (Lipinski definition) is 4. The minimum absolute atomic E-state index is 0.198. The van der Waals surface area contributed by atoms with Gasteiger partial charge in [0.1, 0.15) is 17.8 Å². The Morgan fingerprint density at radius 3 is 2.56 bits per heavy atom. The lowest BCUT2D eigenvalue weighted by molar-refractivity contribution is -0.119. The number of hydrazine groups is 1. The zero-order chi connectivity index (χ0) is 25.3. The maximum absolute atomic E-state index is 14.9. The van der Waals surface area contributed by atoms with Crippen LogP contribution in [0.2, 0.25) is 0 Å². The average Bonchev–Trinajstić information content (AvgIpc) is 3.22. The average molecular weight is 470 g/mol. The summed E-state index contributed by atoms with van der Waals surface area (Å²) in [5.41, 5.74) is 4.43. The number of halogens is 1. The predicted octanol–water partition coefficient (Wildman–Crippen LogP) is 2.12. The van der Waals surface area contributed by atoms with E-state index in [4.69, 9.17) is 10.6 Å². The molecule has 180 valence electrons. The number of terminal acetylenes is 1. The number of aliphatic imine (C=N–C) groups is 1. The van der Waals surface area contributed by atoms with E-state index in [1.54, 1.807) is 43.4 Å². The Bertz CT molecular complexity index is 1060. The van der Waals surface area contributed by atoms with Gasteiger partial charge in [0, 0.05) is 26.0 Å². The first-order valence-electron chi connectivity index (χ1n) is 10.4. The molecule has 0 saturated carbocycles. The second-order valence-corrected chi connectivity index (χ2v) is 7.37. The van der Waals surface area contributed by atoms with Gasteiger partial charge in [-0.1, -0.05) is 24.3 Å². The van der Waals surface area contributed by atoms with Crippen LogP contribution in [0.3, 0.4) is 0 Å². The van der Waals surface area contributed by atoms with Gasteiger partial charge in [-0.15, -0.1) is 12.8 Å². The van der Waals surface area contributed by atoms with E-state index in [0.29, 0.717) is 28.2 Å². The molecule has 34 heavy (non-hydrogen) atoms. The summed E-state index contributed by atoms with van der Waals surface area (Å²) in [6.07, 6.45) is 6.33. The molecule has 2 amide bonds. The zero-order valence-electron chi connectivity index (χ0n) is 19.0. The highest BCUT2D eigenvalue weighted by atomic mass is 19.1. The number of carbonyl (C=O) groups excluding carboxylic acids is 2. The third kappa shape index (κ3) is 6.54. The highest BCUT2D eigenvalue weighted by molar-refractivity contribution is 5.90. The first-order chi connectivity index (χ1) is 16.3. The Morgan fingerprint density at radius 2 is 2.00 bits per heavy atom. The highest BCUT2D eigenvalue weighted by Gasteiger charge is 2.32. The van der Waals surface area contributed by atoms with Gasteiger partial charge in [0.05, 0.1) is 24.9 Å². The summed E-state index contributed by atoms with van der Waals surface area (Å²) in [7, 11) is 1.57. The number of anilines is 1. The van der Waals surface area contributed by atoms with Crippen molar-refractivity contribution in [3.05, 3.63) is 53.8 Å². The lowest BCUT2D eigenvalue weighted by Gasteiger charge is -2.15. The molecule has 2 unspecified atom stereocenters. The van der Waals surface area contributed by atoms with Crippen LogP contribution in [0.5, 0.6) is 0 Å². The molecule has 0 radical (unpaired) electrons. The number of carbonyl (C=O) groups is 2. The largest absolute Gasteiger partial charge is 0.442 e. The van der Waals surface area contributed by atoms with Crippen LogP contribution in [0, 0.1) is 18.7 Å². The van der Waals surface area contributed by atoms with Gasteiger partial charge in [-0.3, -0.25) is 14.7 Å². The Hall–Kier alpha value is -3.94. The van der Waals surface area contributed by atoms with Crippen molar-refractivity contribution in [2.45, 2.75) is 25.6 Å². The van der Waals surface area contributed by atoms with Crippen LogP contribution < -0.4 is 21.5 Å². The summed E-state index contributed by atoms with van der Waals surface area (Å²) < 4.78 is 20.1. The third-order valence-corrected chi connectivity index (χ3v) is 5.15. The summed E-state index contributed by atoms with van der Waals surface area (Å²) >= 11 is 0. The molecule has 0 bridgehead atoms. The molecule has 3 rings (SSSR count). The lowest BCUT2D eigenvalue weighted by Crippen LogP contribution is -2.33. The number of nitrogens with zero attached hydrogens (tertiary/aromatic N) is 2. The fourth-order valence-electron chi connectivity index (χ4n) is 3.40. The Balaban J connectivity index is 0.00000199. The van der Waals surface area contributed by atoms with E-state index in [1.165, 1.54) is 17.9 Å². The molecule has 2 aromatic carbocycles. The summed E-state index contributed by atoms with van der Waals surface area (Å²) in [6.45, 7) is 1.79. The number of ether oxygens (including phenoxy) is 1. The number of rotatable bonds is 7. The molecule has 0 aromatic heterocycles. The predicted molar refractivity (Wildman–Crippen MR) is 128 cm³/mol. The van der Waals surface area contributed by atoms with E-state index in [2.05, 4.69) is 28.6 Å². The molecule has 10 heteroatoms. The molecular formula is C24H28FN5O4. The topological polar surface area (TPSA) is 129 Å². The molecule has 1 aliphatic rings. The molecule has 9 nitrogen and oxygen atoms in total. The molecule has 2 aromatic rings. The van der Waals surface area contributed by atoms with Gasteiger partial charge in [0.25, 0.3) is 0 Å². The number of benzene rings is 2. The monoisotopic (exact) mass is 469 g/mol. The van der Waals surface area contributed by atoms with E-state index in [0.717, 1.165) is 0 Å². The van der Waals surface area contributed by atoms with E-state index >= 15 is 0 Å². The molecule has 0 spiro atoms. The minimum atomic E-state index is -0.808. The zero-order valence-corrected chi connectivity index (χ0v) is 19.0. The second-order valence-electron chi connectivity index (χ2n) is 7.37. The standard InChI is InChI=1S/C22H26FN5O4.C2H2/c1-13(29)26-11-17-12-28(22(31)32-17)16-7-8-18(19(23)9-16)14-3-5-15(6-4-14)20(30)10-21(25-2)27-24;1-2/h3-9,17,20,30H,10-12,24H2,1-2H3,(H,25,27)(H,26,29);1-2H. The van der Waals surface area contributed by atoms with E-state index in [1.807, 2.05) is 0 Å². The first kappa shape index (κ1) is 26.3. The maximum atomic E-state index is 14.9. The van der Waals surface area contributed by atoms with Crippen LogP contribution in [0.1, 0.15) is 25.0 Å². The van der Waals surface area contributed by atoms with E-state index in [9.17, 15) is 19.1 Å². The van der Waals surface area contributed by atoms with Crippen molar-refractivity contribution in [3.8, 4) is 24.0 Å². The first-order valence-corrected chi connectivity index (χ1v) is 10.4. The van der Waals surface area contributed by atoms with Gasteiger partial charge >= 0.3 is 6.09 Å². The van der Waals surface area contributed by atoms with Crippen LogP contribution >= 0.6 is 0 Å². The Kier molecular flexibility index (Phi) is 9.55. The number of amides is 2. The quantitative estimate of drug-likeness (QED) is 0.162. The molecular weight excluding hydrogens is 441 g/mol. The van der Waals surface area contributed by atoms with Crippen molar-refractivity contribution < 1.29 is 23.8 Å². The van der Waals surface area contributed by atoms with Crippen molar-refractivity contribution in [2.75, 3.05) is 25.0 Å². The number of cyclic esters (lactones) is 1. The van der Waals surface area contributed by atoms with Crippen LogP contribution in [-0.4, -0.2) is 49.2 Å². The highest BCUT2D eigenvalue weighted by Crippen LogP contribution is 2.30. The summed E-state index contributed by atoms with van der Waals surface area (Å²) in [6, 6.07) is 11.3. The molecule has 1 aliphatic heterocycles. The van der Waals surface area contributed by atoms with E-state index < -0.39 is 24.1 Å². The van der Waals surface area contributed by atoms with Crippen LogP contribution in [-0.2, 0) is 9.53 Å². The van der Waals surface area contributed by atoms with E-state index in [-0.39, 0.29) is 25.4 Å². The van der Waals surface area contributed by atoms with Gasteiger partial charge in [0.15, 0.2) is 0 Å². The maximum Gasteiger partial charge on any atom is 0.414 e. The van der Waals surface area contributed by atoms with Gasteiger partial charge in [-0.05, 0) is 29.3 Å². The lowest BCUT2D eigenvalue weighted by atomic mass is 9.99. The number of aliphatic hydroxyl groups is 1. The van der Waals surface area contributed by atoms with Crippen molar-refractivity contribution in [1.82, 2.24) is 10.7 Å². The molecule has 5 N–H and O–H groups in total. The number of amidine groups is 1. The van der Waals surface area contributed by atoms with Crippen LogP contribution in [0.25, 0.3) is 11.1 Å². The van der Waals surface area contributed by atoms with Crippen molar-refractivity contribution >= 4 is 23.5 Å². The molecule has 0 aliphatic carbocycles. The number of hydrogen-bond acceptors (Lipinski definition) is 6. The number of nitrogens with two attached hydrogens (primary N) is 1. The van der Waals surface area contributed by atoms with Crippen LogP contribution in [0.15, 0.2) is 47.5 Å². The second kappa shape index (κ2) is 12.3. The molecule has 1 fully saturated rings. The molecule has 1 saturated heterocycles. The number of nitrogens with one attached hydrogen (secondary N) is 2. The Labute approximate surface area is 197 Å². The van der Waals surface area contributed by atoms with Gasteiger partial charge in [-0.2, -0.15) is 0 Å². The van der Waals surface area contributed by atoms with Gasteiger partial charge in [0.2, 0.25) is 5.91 Å². The van der Waals surface area contributed by atoms with Crippen molar-refractivity contribution in [3.63, 3.8) is 0 Å². The SMILES string of the molecule is C#C.CN=C(CC(O)c1ccc(-c2ccc(N3CC(CNC(C)=O)OC3=O)cc2F)cc1)NN.